The molecular weight excluding hydrogens is 257 g/mol. The molecule has 1 aromatic rings. The van der Waals surface area contributed by atoms with Crippen LogP contribution in [0.2, 0.25) is 0 Å². The molecule has 90 valence electrons. The molecule has 0 fully saturated rings. The van der Waals surface area contributed by atoms with Crippen molar-refractivity contribution < 1.29 is 31.2 Å². The summed E-state index contributed by atoms with van der Waals surface area (Å²) in [5.41, 5.74) is 6.42. The average Bonchev–Trinajstić information content (AvgIpc) is 2.73. The van der Waals surface area contributed by atoms with Gasteiger partial charge in [-0.2, -0.15) is 12.1 Å². The van der Waals surface area contributed by atoms with Crippen molar-refractivity contribution in [3.63, 3.8) is 0 Å². The van der Waals surface area contributed by atoms with E-state index in [1.165, 1.54) is 0 Å². The maximum Gasteiger partial charge on any atom is 2.00 e. The largest absolute Gasteiger partial charge is 2.00 e. The van der Waals surface area contributed by atoms with Crippen molar-refractivity contribution in [3.05, 3.63) is 40.3 Å². The Morgan fingerprint density at radius 3 is 2.06 bits per heavy atom. The molecule has 0 atom stereocenters. The Balaban J connectivity index is 0. The minimum Gasteiger partial charge on any atom is -0.577 e. The number of carbonyl (C=O) groups is 2. The van der Waals surface area contributed by atoms with E-state index in [1.54, 1.807) is 24.3 Å². The number of carboxylic acid groups (broad SMARTS) is 1. The first-order valence-electron chi connectivity index (χ1n) is 4.35. The van der Waals surface area contributed by atoms with Gasteiger partial charge >= 0.3 is 22.5 Å². The van der Waals surface area contributed by atoms with Crippen LogP contribution < -0.4 is 0 Å². The van der Waals surface area contributed by atoms with Gasteiger partial charge in [-0.25, -0.2) is 12.1 Å². The van der Waals surface area contributed by atoms with Crippen LogP contribution in [0.3, 0.4) is 0 Å². The van der Waals surface area contributed by atoms with Crippen LogP contribution in [0.4, 0.5) is 0 Å². The molecule has 0 spiro atoms. The first-order valence-corrected chi connectivity index (χ1v) is 4.35. The summed E-state index contributed by atoms with van der Waals surface area (Å²) in [6, 6.07) is 7.07. The fourth-order valence-corrected chi connectivity index (χ4v) is 1.10. The van der Waals surface area contributed by atoms with Crippen molar-refractivity contribution in [2.75, 3.05) is 0 Å². The van der Waals surface area contributed by atoms with Crippen molar-refractivity contribution in [1.82, 2.24) is 0 Å². The van der Waals surface area contributed by atoms with Crippen molar-refractivity contribution in [1.29, 1.82) is 0 Å². The molecule has 0 radical (unpaired) electrons. The molecule has 0 amide bonds. The summed E-state index contributed by atoms with van der Waals surface area (Å²) in [7, 11) is 0. The summed E-state index contributed by atoms with van der Waals surface area (Å²) >= 11 is 0. The number of rotatable bonds is 5. The van der Waals surface area contributed by atoms with E-state index < -0.39 is 5.97 Å². The quantitative estimate of drug-likeness (QED) is 0.503. The second-order valence-electron chi connectivity index (χ2n) is 2.84. The molecule has 5 nitrogen and oxygen atoms in total. The Bertz CT molecular complexity index is 311. The first kappa shape index (κ1) is 17.0. The summed E-state index contributed by atoms with van der Waals surface area (Å²) < 4.78 is 0. The van der Waals surface area contributed by atoms with Gasteiger partial charge < -0.3 is 20.4 Å². The number of hydrogen-bond donors (Lipinski definition) is 1. The molecule has 0 unspecified atom stereocenters. The van der Waals surface area contributed by atoms with E-state index in [0.29, 0.717) is 18.4 Å². The Labute approximate surface area is 103 Å². The van der Waals surface area contributed by atoms with Gasteiger partial charge in [-0.15, -0.1) is 0 Å². The summed E-state index contributed by atoms with van der Waals surface area (Å²) in [6.07, 6.45) is 0.794. The van der Waals surface area contributed by atoms with E-state index in [4.69, 9.17) is 15.6 Å². The Kier molecular flexibility index (Phi) is 10.7. The Morgan fingerprint density at radius 1 is 1.12 bits per heavy atom. The fourth-order valence-electron chi connectivity index (χ4n) is 1.10. The maximum absolute atomic E-state index is 11.3. The predicted octanol–water partition coefficient (Wildman–Crippen LogP) is 2.16. The van der Waals surface area contributed by atoms with Gasteiger partial charge in [0.25, 0.3) is 0 Å². The van der Waals surface area contributed by atoms with Crippen LogP contribution >= 0.6 is 0 Å². The van der Waals surface area contributed by atoms with E-state index in [9.17, 15) is 9.59 Å². The Hall–Kier alpha value is -1.42. The SMILES string of the molecule is O=C(O)CCCC(=O)[c-]1cccc1.[N-]=O.[Ni+2]. The fraction of sp³-hybridized carbons (Fsp3) is 0.300. The molecule has 16 heavy (non-hydrogen) atoms. The third-order valence-corrected chi connectivity index (χ3v) is 1.78. The first-order chi connectivity index (χ1) is 7.20. The third-order valence-electron chi connectivity index (χ3n) is 1.78. The van der Waals surface area contributed by atoms with Crippen LogP contribution in [0.25, 0.3) is 5.59 Å². The van der Waals surface area contributed by atoms with Gasteiger partial charge in [-0.3, -0.25) is 4.79 Å². The molecule has 6 heteroatoms. The van der Waals surface area contributed by atoms with Crippen LogP contribution in [-0.2, 0) is 21.3 Å². The topological polar surface area (TPSA) is 93.7 Å². The molecule has 1 rings (SSSR count). The smallest absolute Gasteiger partial charge is 0.577 e. The molecule has 0 saturated carbocycles. The number of hydrogen-bond acceptors (Lipinski definition) is 3. The van der Waals surface area contributed by atoms with Gasteiger partial charge in [0, 0.05) is 6.42 Å². The van der Waals surface area contributed by atoms with Crippen molar-refractivity contribution in [3.8, 4) is 0 Å². The van der Waals surface area contributed by atoms with E-state index in [0.717, 1.165) is 0 Å². The minimum absolute atomic E-state index is 0. The average molecular weight is 268 g/mol. The van der Waals surface area contributed by atoms with Gasteiger partial charge in [-0.05, 0) is 12.8 Å². The molecular formula is C10H11NNiO4. The number of ketones is 1. The van der Waals surface area contributed by atoms with E-state index >= 15 is 0 Å². The molecule has 0 aromatic heterocycles. The predicted molar refractivity (Wildman–Crippen MR) is 54.6 cm³/mol. The zero-order chi connectivity index (χ0) is 11.7. The molecule has 0 bridgehead atoms. The third kappa shape index (κ3) is 6.95. The van der Waals surface area contributed by atoms with Crippen LogP contribution in [0.15, 0.2) is 24.3 Å². The summed E-state index contributed by atoms with van der Waals surface area (Å²) in [4.78, 5) is 28.7. The number of Topliss-reactive ketones (excluding diaryl/α,β-unsaturated/α-hetero) is 1. The van der Waals surface area contributed by atoms with Gasteiger partial charge in [-0.1, -0.05) is 5.56 Å². The summed E-state index contributed by atoms with van der Waals surface area (Å²) in [5.74, 6) is -0.832. The second kappa shape index (κ2) is 10.1. The maximum atomic E-state index is 11.3. The molecule has 0 heterocycles. The molecule has 1 aromatic carbocycles. The molecule has 0 aliphatic rings. The van der Waals surface area contributed by atoms with Crippen molar-refractivity contribution in [2.24, 2.45) is 0 Å². The number of carbonyl (C=O) groups excluding carboxylic acids is 1. The monoisotopic (exact) mass is 267 g/mol. The van der Waals surface area contributed by atoms with Crippen molar-refractivity contribution in [2.45, 2.75) is 19.3 Å². The number of carboxylic acids is 1. The number of aliphatic carboxylic acids is 1. The standard InChI is InChI=1S/C10H11O3.NO.Ni/c11-9(6-3-7-10(12)13)8-4-1-2-5-8;1-2;/h1-2,4-5H,3,6-7H2,(H,12,13);;/q2*-1;+2. The van der Waals surface area contributed by atoms with E-state index in [2.05, 4.69) is 0 Å². The van der Waals surface area contributed by atoms with Crippen LogP contribution in [0.1, 0.15) is 29.6 Å². The van der Waals surface area contributed by atoms with Crippen LogP contribution in [0, 0.1) is 4.91 Å². The Morgan fingerprint density at radius 2 is 1.62 bits per heavy atom. The van der Waals surface area contributed by atoms with Gasteiger partial charge in [0.1, 0.15) is 5.78 Å². The van der Waals surface area contributed by atoms with Crippen molar-refractivity contribution >= 4 is 11.8 Å². The minimum atomic E-state index is -0.852. The van der Waals surface area contributed by atoms with E-state index in [1.807, 2.05) is 0 Å². The van der Waals surface area contributed by atoms with E-state index in [-0.39, 0.29) is 28.7 Å². The molecule has 1 N–H and O–H groups in total. The summed E-state index contributed by atoms with van der Waals surface area (Å²) in [6.45, 7) is 0. The van der Waals surface area contributed by atoms with Crippen LogP contribution in [0.5, 0.6) is 0 Å². The van der Waals surface area contributed by atoms with Gasteiger partial charge in [0.2, 0.25) is 0 Å². The molecule has 0 aliphatic carbocycles. The number of nitrogens with zero attached hydrogens (tertiary/aromatic N) is 1. The normalized spacial score (nSPS) is 8.25. The molecule has 0 saturated heterocycles. The zero-order valence-corrected chi connectivity index (χ0v) is 9.35. The second-order valence-corrected chi connectivity index (χ2v) is 2.84. The zero-order valence-electron chi connectivity index (χ0n) is 8.37. The molecule has 0 aliphatic heterocycles. The van der Waals surface area contributed by atoms with Crippen LogP contribution in [-0.4, -0.2) is 16.9 Å². The number of nitroso groups, excluding NO2 is 1. The van der Waals surface area contributed by atoms with Gasteiger partial charge in [0.05, 0.1) is 0 Å². The van der Waals surface area contributed by atoms with Gasteiger partial charge in [0.15, 0.2) is 0 Å². The summed E-state index contributed by atoms with van der Waals surface area (Å²) in [5, 5.41) is 8.35.